The standard InChI is InChI=1S/C51H32N2O/c1-2-10-38(11-3-1)51-52-50-48(54-51)29-23-37-17-14-36-15-18-40(32-47(36)49(37)50)34-20-24-42(25-21-34)53(43-26-22-33-8-4-5-12-39(33)30-43)44-27-28-46-41(31-44)19-16-35-9-6-7-13-45(35)46/h1-32H. The minimum absolute atomic E-state index is 0.637. The molecular weight excluding hydrogens is 657 g/mol. The van der Waals surface area contributed by atoms with Gasteiger partial charge in [-0.05, 0) is 120 Å². The van der Waals surface area contributed by atoms with Crippen molar-refractivity contribution in [3.63, 3.8) is 0 Å². The molecule has 11 aromatic rings. The van der Waals surface area contributed by atoms with E-state index in [2.05, 4.69) is 163 Å². The zero-order valence-corrected chi connectivity index (χ0v) is 29.3. The summed E-state index contributed by atoms with van der Waals surface area (Å²) in [4.78, 5) is 7.40. The number of nitrogens with zero attached hydrogens (tertiary/aromatic N) is 2. The molecule has 0 radical (unpaired) electrons. The largest absolute Gasteiger partial charge is 0.436 e. The molecule has 0 atom stereocenters. The quantitative estimate of drug-likeness (QED) is 0.169. The highest BCUT2D eigenvalue weighted by atomic mass is 16.3. The monoisotopic (exact) mass is 688 g/mol. The lowest BCUT2D eigenvalue weighted by molar-refractivity contribution is 0.620. The lowest BCUT2D eigenvalue weighted by atomic mass is 9.96. The number of oxazole rings is 1. The van der Waals surface area contributed by atoms with E-state index in [4.69, 9.17) is 9.40 Å². The van der Waals surface area contributed by atoms with E-state index in [1.54, 1.807) is 0 Å². The maximum Gasteiger partial charge on any atom is 0.227 e. The fourth-order valence-electron chi connectivity index (χ4n) is 8.12. The van der Waals surface area contributed by atoms with Crippen LogP contribution in [0.25, 0.3) is 87.5 Å². The molecule has 1 aromatic heterocycles. The number of hydrogen-bond donors (Lipinski definition) is 0. The molecule has 0 N–H and O–H groups in total. The lowest BCUT2D eigenvalue weighted by Crippen LogP contribution is -2.09. The van der Waals surface area contributed by atoms with Crippen molar-refractivity contribution >= 4 is 82.0 Å². The van der Waals surface area contributed by atoms with Gasteiger partial charge in [0.15, 0.2) is 5.58 Å². The first-order chi connectivity index (χ1) is 26.7. The van der Waals surface area contributed by atoms with Gasteiger partial charge in [0.25, 0.3) is 0 Å². The molecule has 0 saturated heterocycles. The normalized spacial score (nSPS) is 11.7. The molecule has 0 aliphatic heterocycles. The number of anilines is 3. The van der Waals surface area contributed by atoms with Crippen LogP contribution in [0.4, 0.5) is 17.1 Å². The van der Waals surface area contributed by atoms with Crippen molar-refractivity contribution in [2.45, 2.75) is 0 Å². The van der Waals surface area contributed by atoms with Gasteiger partial charge in [0, 0.05) is 28.0 Å². The number of rotatable bonds is 5. The summed E-state index contributed by atoms with van der Waals surface area (Å²) < 4.78 is 6.28. The summed E-state index contributed by atoms with van der Waals surface area (Å²) in [6.45, 7) is 0. The summed E-state index contributed by atoms with van der Waals surface area (Å²) in [7, 11) is 0. The van der Waals surface area contributed by atoms with Crippen LogP contribution in [0.2, 0.25) is 0 Å². The van der Waals surface area contributed by atoms with E-state index in [1.165, 1.54) is 37.7 Å². The molecule has 252 valence electrons. The molecule has 0 bridgehead atoms. The molecule has 0 fully saturated rings. The highest BCUT2D eigenvalue weighted by Gasteiger charge is 2.17. The van der Waals surface area contributed by atoms with Crippen LogP contribution in [-0.2, 0) is 0 Å². The van der Waals surface area contributed by atoms with Crippen molar-refractivity contribution in [2.24, 2.45) is 0 Å². The smallest absolute Gasteiger partial charge is 0.227 e. The van der Waals surface area contributed by atoms with Crippen LogP contribution in [0.3, 0.4) is 0 Å². The first kappa shape index (κ1) is 30.4. The third-order valence-electron chi connectivity index (χ3n) is 10.8. The van der Waals surface area contributed by atoms with E-state index >= 15 is 0 Å². The molecule has 0 saturated carbocycles. The SMILES string of the molecule is c1ccc(-c2nc3c(ccc4ccc5ccc(-c6ccc(N(c7ccc8ccccc8c7)c7ccc8c(ccc9ccccc98)c7)cc6)cc5c43)o2)cc1. The third-order valence-corrected chi connectivity index (χ3v) is 10.8. The number of aromatic nitrogens is 1. The minimum atomic E-state index is 0.637. The van der Waals surface area contributed by atoms with Gasteiger partial charge in [-0.1, -0.05) is 133 Å². The average Bonchev–Trinajstić information content (AvgIpc) is 3.69. The fourth-order valence-corrected chi connectivity index (χ4v) is 8.12. The number of fused-ring (bicyclic) bond motifs is 9. The molecule has 0 unspecified atom stereocenters. The summed E-state index contributed by atoms with van der Waals surface area (Å²) in [5, 5.41) is 12.0. The first-order valence-electron chi connectivity index (χ1n) is 18.4. The van der Waals surface area contributed by atoms with E-state index < -0.39 is 0 Å². The number of hydrogen-bond acceptors (Lipinski definition) is 3. The highest BCUT2D eigenvalue weighted by molar-refractivity contribution is 6.19. The Balaban J connectivity index is 1.03. The van der Waals surface area contributed by atoms with Gasteiger partial charge in [-0.15, -0.1) is 0 Å². The molecule has 1 heterocycles. The zero-order valence-electron chi connectivity index (χ0n) is 29.3. The molecule has 0 spiro atoms. The molecule has 54 heavy (non-hydrogen) atoms. The van der Waals surface area contributed by atoms with Gasteiger partial charge in [-0.25, -0.2) is 4.98 Å². The topological polar surface area (TPSA) is 29.3 Å². The van der Waals surface area contributed by atoms with Gasteiger partial charge < -0.3 is 9.32 Å². The van der Waals surface area contributed by atoms with E-state index in [1.807, 2.05) is 36.4 Å². The van der Waals surface area contributed by atoms with E-state index in [0.717, 1.165) is 61.0 Å². The zero-order chi connectivity index (χ0) is 35.6. The van der Waals surface area contributed by atoms with Gasteiger partial charge >= 0.3 is 0 Å². The molecule has 10 aromatic carbocycles. The first-order valence-corrected chi connectivity index (χ1v) is 18.4. The van der Waals surface area contributed by atoms with Crippen LogP contribution >= 0.6 is 0 Å². The summed E-state index contributed by atoms with van der Waals surface area (Å²) in [5.41, 5.74) is 8.28. The van der Waals surface area contributed by atoms with Crippen LogP contribution in [0.5, 0.6) is 0 Å². The maximum absolute atomic E-state index is 6.28. The molecular formula is C51H32N2O. The predicted molar refractivity (Wildman–Crippen MR) is 227 cm³/mol. The van der Waals surface area contributed by atoms with Crippen molar-refractivity contribution in [1.29, 1.82) is 0 Å². The van der Waals surface area contributed by atoms with E-state index in [9.17, 15) is 0 Å². The Bertz CT molecular complexity index is 3220. The van der Waals surface area contributed by atoms with Crippen molar-refractivity contribution < 1.29 is 4.42 Å². The Kier molecular flexibility index (Phi) is 6.86. The number of benzene rings is 10. The predicted octanol–water partition coefficient (Wildman–Crippen LogP) is 14.4. The van der Waals surface area contributed by atoms with Crippen molar-refractivity contribution in [2.75, 3.05) is 4.90 Å². The summed E-state index contributed by atoms with van der Waals surface area (Å²) in [6.07, 6.45) is 0. The molecule has 3 heteroatoms. The molecule has 0 aliphatic carbocycles. The summed E-state index contributed by atoms with van der Waals surface area (Å²) in [6, 6.07) is 69.5. The van der Waals surface area contributed by atoms with Gasteiger partial charge in [-0.2, -0.15) is 0 Å². The van der Waals surface area contributed by atoms with Crippen LogP contribution < -0.4 is 4.90 Å². The second-order valence-electron chi connectivity index (χ2n) is 14.0. The third kappa shape index (κ3) is 5.02. The Morgan fingerprint density at radius 1 is 0.352 bits per heavy atom. The van der Waals surface area contributed by atoms with Crippen molar-refractivity contribution in [3.05, 3.63) is 194 Å². The molecule has 0 aliphatic rings. The Morgan fingerprint density at radius 2 is 0.926 bits per heavy atom. The second kappa shape index (κ2) is 12.2. The van der Waals surface area contributed by atoms with Gasteiger partial charge in [-0.3, -0.25) is 0 Å². The maximum atomic E-state index is 6.28. The van der Waals surface area contributed by atoms with Crippen LogP contribution in [0.1, 0.15) is 0 Å². The van der Waals surface area contributed by atoms with E-state index in [-0.39, 0.29) is 0 Å². The highest BCUT2D eigenvalue weighted by Crippen LogP contribution is 2.40. The summed E-state index contributed by atoms with van der Waals surface area (Å²) >= 11 is 0. The van der Waals surface area contributed by atoms with Gasteiger partial charge in [0.05, 0.1) is 0 Å². The minimum Gasteiger partial charge on any atom is -0.436 e. The lowest BCUT2D eigenvalue weighted by Gasteiger charge is -2.26. The van der Waals surface area contributed by atoms with Crippen LogP contribution in [0, 0.1) is 0 Å². The van der Waals surface area contributed by atoms with Crippen molar-refractivity contribution in [3.8, 4) is 22.6 Å². The van der Waals surface area contributed by atoms with E-state index in [0.29, 0.717) is 5.89 Å². The van der Waals surface area contributed by atoms with Crippen molar-refractivity contribution in [1.82, 2.24) is 4.98 Å². The fraction of sp³-hybridized carbons (Fsp3) is 0. The average molecular weight is 689 g/mol. The van der Waals surface area contributed by atoms with Crippen LogP contribution in [0.15, 0.2) is 199 Å². The Labute approximate surface area is 312 Å². The van der Waals surface area contributed by atoms with Gasteiger partial charge in [0.1, 0.15) is 5.52 Å². The molecule has 11 rings (SSSR count). The Hall–Kier alpha value is -7.23. The summed E-state index contributed by atoms with van der Waals surface area (Å²) in [5.74, 6) is 0.637. The Morgan fingerprint density at radius 3 is 1.78 bits per heavy atom. The second-order valence-corrected chi connectivity index (χ2v) is 14.0. The molecule has 0 amide bonds. The molecule has 3 nitrogen and oxygen atoms in total. The van der Waals surface area contributed by atoms with Gasteiger partial charge in [0.2, 0.25) is 5.89 Å². The van der Waals surface area contributed by atoms with Crippen LogP contribution in [-0.4, -0.2) is 4.98 Å².